The molecule has 1 saturated carbocycles. The summed E-state index contributed by atoms with van der Waals surface area (Å²) in [5.74, 6) is 0.524. The molecule has 2 atom stereocenters. The van der Waals surface area contributed by atoms with Crippen LogP contribution in [0.5, 0.6) is 0 Å². The normalized spacial score (nSPS) is 27.0. The van der Waals surface area contributed by atoms with Gasteiger partial charge in [-0.25, -0.2) is 0 Å². The highest BCUT2D eigenvalue weighted by Crippen LogP contribution is 2.58. The molecular weight excluding hydrogens is 301 g/mol. The van der Waals surface area contributed by atoms with E-state index in [1.165, 1.54) is 5.56 Å². The second-order valence-corrected chi connectivity index (χ2v) is 6.64. The van der Waals surface area contributed by atoms with Crippen molar-refractivity contribution >= 4 is 0 Å². The van der Waals surface area contributed by atoms with Crippen molar-refractivity contribution in [1.29, 1.82) is 0 Å². The van der Waals surface area contributed by atoms with Crippen LogP contribution >= 0.6 is 0 Å². The number of nitrogens with zero attached hydrogens (tertiary/aromatic N) is 2. The Bertz CT molecular complexity index is 696. The Hall–Kier alpha value is -1.88. The zero-order valence-corrected chi connectivity index (χ0v) is 12.6. The van der Waals surface area contributed by atoms with Crippen LogP contribution in [0.1, 0.15) is 23.2 Å². The number of hydrogen-bond donors (Lipinski definition) is 0. The quantitative estimate of drug-likeness (QED) is 0.854. The molecule has 1 aliphatic heterocycles. The lowest BCUT2D eigenvalue weighted by atomic mass is 10.00. The molecule has 4 rings (SSSR count). The van der Waals surface area contributed by atoms with E-state index >= 15 is 0 Å². The van der Waals surface area contributed by atoms with Crippen LogP contribution in [0.4, 0.5) is 13.2 Å². The maximum atomic E-state index is 12.7. The van der Waals surface area contributed by atoms with Gasteiger partial charge in [0, 0.05) is 36.9 Å². The van der Waals surface area contributed by atoms with Crippen molar-refractivity contribution in [1.82, 2.24) is 9.88 Å². The molecular formula is C18H17F3N2. The second-order valence-electron chi connectivity index (χ2n) is 6.64. The first-order valence-electron chi connectivity index (χ1n) is 7.77. The number of pyridine rings is 1. The van der Waals surface area contributed by atoms with Crippen LogP contribution in [0.2, 0.25) is 0 Å². The van der Waals surface area contributed by atoms with Crippen molar-refractivity contribution in [3.8, 4) is 0 Å². The number of benzene rings is 1. The molecule has 1 aliphatic carbocycles. The molecule has 0 amide bonds. The minimum Gasteiger partial charge on any atom is -0.298 e. The van der Waals surface area contributed by atoms with Crippen molar-refractivity contribution in [2.24, 2.45) is 5.92 Å². The monoisotopic (exact) mass is 318 g/mol. The number of rotatable bonds is 3. The second kappa shape index (κ2) is 5.06. The molecule has 23 heavy (non-hydrogen) atoms. The van der Waals surface area contributed by atoms with Crippen molar-refractivity contribution < 1.29 is 13.2 Å². The minimum atomic E-state index is -4.32. The van der Waals surface area contributed by atoms with Crippen LogP contribution in [-0.4, -0.2) is 23.0 Å². The first-order chi connectivity index (χ1) is 11.0. The summed E-state index contributed by atoms with van der Waals surface area (Å²) in [6, 6.07) is 13.0. The number of likely N-dealkylation sites (tertiary alicyclic amines) is 1. The predicted molar refractivity (Wildman–Crippen MR) is 80.7 cm³/mol. The van der Waals surface area contributed by atoms with E-state index < -0.39 is 11.7 Å². The number of hydrogen-bond acceptors (Lipinski definition) is 2. The van der Waals surface area contributed by atoms with E-state index in [0.29, 0.717) is 5.92 Å². The molecule has 2 fully saturated rings. The van der Waals surface area contributed by atoms with Gasteiger partial charge in [-0.15, -0.1) is 0 Å². The molecule has 0 N–H and O–H groups in total. The number of piperidine rings is 1. The van der Waals surface area contributed by atoms with Gasteiger partial charge in [0.25, 0.3) is 0 Å². The summed E-state index contributed by atoms with van der Waals surface area (Å²) in [5.41, 5.74) is 1.38. The first kappa shape index (κ1) is 14.7. The van der Waals surface area contributed by atoms with Crippen molar-refractivity contribution in [3.05, 3.63) is 65.5 Å². The Morgan fingerprint density at radius 2 is 1.91 bits per heavy atom. The lowest BCUT2D eigenvalue weighted by Crippen LogP contribution is -2.26. The Morgan fingerprint density at radius 3 is 2.57 bits per heavy atom. The average molecular weight is 318 g/mol. The van der Waals surface area contributed by atoms with Crippen LogP contribution < -0.4 is 0 Å². The summed E-state index contributed by atoms with van der Waals surface area (Å²) in [6.45, 7) is 2.77. The molecule has 1 aromatic carbocycles. The number of aromatic nitrogens is 1. The summed E-state index contributed by atoms with van der Waals surface area (Å²) in [7, 11) is 0. The van der Waals surface area contributed by atoms with Gasteiger partial charge in [0.05, 0.1) is 5.56 Å². The molecule has 2 heterocycles. The van der Waals surface area contributed by atoms with Crippen LogP contribution in [0.15, 0.2) is 48.7 Å². The molecule has 2 aromatic rings. The van der Waals surface area contributed by atoms with Crippen molar-refractivity contribution in [2.75, 3.05) is 13.1 Å². The van der Waals surface area contributed by atoms with Crippen LogP contribution in [0.25, 0.3) is 0 Å². The third kappa shape index (κ3) is 2.63. The molecule has 0 bridgehead atoms. The van der Waals surface area contributed by atoms with Crippen LogP contribution in [0, 0.1) is 5.92 Å². The summed E-state index contributed by atoms with van der Waals surface area (Å²) in [6.07, 6.45) is -2.31. The lowest BCUT2D eigenvalue weighted by Gasteiger charge is -2.21. The van der Waals surface area contributed by atoms with Gasteiger partial charge in [0.1, 0.15) is 0 Å². The minimum absolute atomic E-state index is 0.0289. The zero-order valence-electron chi connectivity index (χ0n) is 12.6. The fourth-order valence-corrected chi connectivity index (χ4v) is 3.80. The van der Waals surface area contributed by atoms with Gasteiger partial charge in [0.15, 0.2) is 0 Å². The van der Waals surface area contributed by atoms with Crippen LogP contribution in [0.3, 0.4) is 0 Å². The summed E-state index contributed by atoms with van der Waals surface area (Å²) >= 11 is 0. The smallest absolute Gasteiger partial charge is 0.298 e. The number of halogens is 3. The Balaban J connectivity index is 1.48. The molecule has 1 saturated heterocycles. The predicted octanol–water partition coefficient (Wildman–Crippen LogP) is 3.87. The van der Waals surface area contributed by atoms with E-state index in [9.17, 15) is 13.2 Å². The Kier molecular flexibility index (Phi) is 3.23. The van der Waals surface area contributed by atoms with E-state index in [4.69, 9.17) is 0 Å². The number of alkyl halides is 3. The fraction of sp³-hybridized carbons (Fsp3) is 0.389. The SMILES string of the molecule is FC(F)(F)c1ccc(C23C[C@@H]2CN(Cc2ccccc2)C3)nc1. The standard InChI is InChI=1S/C18H17F3N2/c19-18(20,21)14-6-7-16(22-9-14)17-8-15(17)11-23(12-17)10-13-4-2-1-3-5-13/h1-7,9,15H,8,10-12H2/t15-,17?/m1/s1. The molecule has 5 heteroatoms. The van der Waals surface area contributed by atoms with Gasteiger partial charge in [-0.05, 0) is 30.0 Å². The molecule has 0 radical (unpaired) electrons. The Morgan fingerprint density at radius 1 is 1.13 bits per heavy atom. The van der Waals surface area contributed by atoms with E-state index in [1.807, 2.05) is 18.2 Å². The van der Waals surface area contributed by atoms with Gasteiger partial charge in [0.2, 0.25) is 0 Å². The molecule has 2 aliphatic rings. The van der Waals surface area contributed by atoms with E-state index in [2.05, 4.69) is 22.0 Å². The zero-order chi connectivity index (χ0) is 16.1. The summed E-state index contributed by atoms with van der Waals surface area (Å²) < 4.78 is 38.0. The average Bonchev–Trinajstić information content (AvgIpc) is 3.10. The maximum absolute atomic E-state index is 12.7. The molecule has 0 spiro atoms. The molecule has 1 aromatic heterocycles. The molecule has 120 valence electrons. The van der Waals surface area contributed by atoms with Crippen LogP contribution in [-0.2, 0) is 18.1 Å². The highest BCUT2D eigenvalue weighted by atomic mass is 19.4. The maximum Gasteiger partial charge on any atom is 0.417 e. The van der Waals surface area contributed by atoms with Gasteiger partial charge >= 0.3 is 6.18 Å². The van der Waals surface area contributed by atoms with Gasteiger partial charge in [-0.2, -0.15) is 13.2 Å². The van der Waals surface area contributed by atoms with Gasteiger partial charge < -0.3 is 0 Å². The van der Waals surface area contributed by atoms with E-state index in [1.54, 1.807) is 6.07 Å². The highest BCUT2D eigenvalue weighted by Gasteiger charge is 2.61. The van der Waals surface area contributed by atoms with Crippen molar-refractivity contribution in [2.45, 2.75) is 24.6 Å². The largest absolute Gasteiger partial charge is 0.417 e. The third-order valence-corrected chi connectivity index (χ3v) is 5.07. The van der Waals surface area contributed by atoms with Gasteiger partial charge in [-0.1, -0.05) is 30.3 Å². The van der Waals surface area contributed by atoms with E-state index in [0.717, 1.165) is 44.0 Å². The first-order valence-corrected chi connectivity index (χ1v) is 7.77. The van der Waals surface area contributed by atoms with Gasteiger partial charge in [-0.3, -0.25) is 9.88 Å². The van der Waals surface area contributed by atoms with E-state index in [-0.39, 0.29) is 5.41 Å². The topological polar surface area (TPSA) is 16.1 Å². The third-order valence-electron chi connectivity index (χ3n) is 5.07. The molecule has 1 unspecified atom stereocenters. The summed E-state index contributed by atoms with van der Waals surface area (Å²) in [4.78, 5) is 6.51. The van der Waals surface area contributed by atoms with Crippen molar-refractivity contribution in [3.63, 3.8) is 0 Å². The molecule has 2 nitrogen and oxygen atoms in total. The summed E-state index contributed by atoms with van der Waals surface area (Å²) in [5, 5.41) is 0. The highest BCUT2D eigenvalue weighted by molar-refractivity contribution is 5.34. The number of fused-ring (bicyclic) bond motifs is 1. The fourth-order valence-electron chi connectivity index (χ4n) is 3.80. The Labute approximate surface area is 133 Å². The lowest BCUT2D eigenvalue weighted by molar-refractivity contribution is -0.137.